The molecule has 0 aliphatic heterocycles. The summed E-state index contributed by atoms with van der Waals surface area (Å²) in [5.41, 5.74) is 0. The molecule has 0 bridgehead atoms. The van der Waals surface area contributed by atoms with E-state index in [4.69, 9.17) is 16.7 Å². The highest BCUT2D eigenvalue weighted by molar-refractivity contribution is 6.64. The standard InChI is InChI=1S/C10H15ClO3/c1-6(10(13)14)8(9(11)12)7-4-2-3-5-7/h6-8H,2-5H2,1H3,(H,13,14). The van der Waals surface area contributed by atoms with E-state index < -0.39 is 23.0 Å². The third-order valence-electron chi connectivity index (χ3n) is 3.10. The Balaban J connectivity index is 2.72. The monoisotopic (exact) mass is 218 g/mol. The smallest absolute Gasteiger partial charge is 0.307 e. The van der Waals surface area contributed by atoms with Gasteiger partial charge < -0.3 is 5.11 Å². The molecule has 0 spiro atoms. The fourth-order valence-corrected chi connectivity index (χ4v) is 2.63. The van der Waals surface area contributed by atoms with Crippen molar-refractivity contribution in [1.29, 1.82) is 0 Å². The Kier molecular flexibility index (Phi) is 3.93. The van der Waals surface area contributed by atoms with Crippen LogP contribution in [-0.4, -0.2) is 16.3 Å². The molecule has 0 aromatic carbocycles. The van der Waals surface area contributed by atoms with E-state index in [2.05, 4.69) is 0 Å². The minimum Gasteiger partial charge on any atom is -0.481 e. The first kappa shape index (κ1) is 11.5. The van der Waals surface area contributed by atoms with Crippen LogP contribution in [0.3, 0.4) is 0 Å². The summed E-state index contributed by atoms with van der Waals surface area (Å²) < 4.78 is 0. The van der Waals surface area contributed by atoms with E-state index in [0.717, 1.165) is 25.7 Å². The van der Waals surface area contributed by atoms with Gasteiger partial charge in [-0.3, -0.25) is 9.59 Å². The molecule has 1 aliphatic rings. The molecule has 1 aliphatic carbocycles. The van der Waals surface area contributed by atoms with Gasteiger partial charge >= 0.3 is 5.97 Å². The second-order valence-corrected chi connectivity index (χ2v) is 4.37. The van der Waals surface area contributed by atoms with Gasteiger partial charge in [0.2, 0.25) is 5.24 Å². The van der Waals surface area contributed by atoms with Crippen molar-refractivity contribution in [3.05, 3.63) is 0 Å². The first-order valence-corrected chi connectivity index (χ1v) is 5.34. The maximum absolute atomic E-state index is 11.2. The van der Waals surface area contributed by atoms with Crippen molar-refractivity contribution < 1.29 is 14.7 Å². The van der Waals surface area contributed by atoms with Gasteiger partial charge in [0, 0.05) is 5.92 Å². The van der Waals surface area contributed by atoms with Crippen LogP contribution in [0.2, 0.25) is 0 Å². The number of carboxylic acids is 1. The van der Waals surface area contributed by atoms with E-state index in [1.54, 1.807) is 6.92 Å². The van der Waals surface area contributed by atoms with Crippen molar-refractivity contribution >= 4 is 22.8 Å². The highest BCUT2D eigenvalue weighted by atomic mass is 35.5. The van der Waals surface area contributed by atoms with E-state index in [0.29, 0.717) is 0 Å². The Bertz CT molecular complexity index is 234. The third kappa shape index (κ3) is 2.47. The first-order chi connectivity index (χ1) is 6.54. The van der Waals surface area contributed by atoms with Gasteiger partial charge in [-0.25, -0.2) is 0 Å². The number of hydrogen-bond acceptors (Lipinski definition) is 2. The van der Waals surface area contributed by atoms with Gasteiger partial charge in [0.15, 0.2) is 0 Å². The van der Waals surface area contributed by atoms with E-state index in [9.17, 15) is 9.59 Å². The van der Waals surface area contributed by atoms with E-state index in [1.807, 2.05) is 0 Å². The Morgan fingerprint density at radius 1 is 1.36 bits per heavy atom. The van der Waals surface area contributed by atoms with Gasteiger partial charge in [-0.15, -0.1) is 0 Å². The summed E-state index contributed by atoms with van der Waals surface area (Å²) in [7, 11) is 0. The highest BCUT2D eigenvalue weighted by Gasteiger charge is 2.36. The summed E-state index contributed by atoms with van der Waals surface area (Å²) in [6.45, 7) is 1.56. The molecule has 80 valence electrons. The molecule has 0 radical (unpaired) electrons. The fourth-order valence-electron chi connectivity index (χ4n) is 2.26. The zero-order valence-corrected chi connectivity index (χ0v) is 8.96. The van der Waals surface area contributed by atoms with Crippen LogP contribution in [-0.2, 0) is 9.59 Å². The number of hydrogen-bond donors (Lipinski definition) is 1. The lowest BCUT2D eigenvalue weighted by atomic mass is 9.82. The molecule has 1 saturated carbocycles. The molecule has 3 nitrogen and oxygen atoms in total. The molecule has 1 rings (SSSR count). The Morgan fingerprint density at radius 3 is 2.21 bits per heavy atom. The molecule has 0 saturated heterocycles. The normalized spacial score (nSPS) is 21.9. The predicted octanol–water partition coefficient (Wildman–Crippen LogP) is 2.28. The maximum Gasteiger partial charge on any atom is 0.307 e. The van der Waals surface area contributed by atoms with Crippen molar-refractivity contribution in [3.8, 4) is 0 Å². The summed E-state index contributed by atoms with van der Waals surface area (Å²) >= 11 is 5.46. The van der Waals surface area contributed by atoms with E-state index in [1.165, 1.54) is 0 Å². The largest absolute Gasteiger partial charge is 0.481 e. The fraction of sp³-hybridized carbons (Fsp3) is 0.800. The van der Waals surface area contributed by atoms with Crippen LogP contribution in [0.5, 0.6) is 0 Å². The molecular formula is C10H15ClO3. The zero-order valence-electron chi connectivity index (χ0n) is 8.20. The van der Waals surface area contributed by atoms with E-state index in [-0.39, 0.29) is 5.92 Å². The minimum absolute atomic E-state index is 0.172. The van der Waals surface area contributed by atoms with Crippen molar-refractivity contribution in [2.75, 3.05) is 0 Å². The number of carboxylic acid groups (broad SMARTS) is 1. The van der Waals surface area contributed by atoms with Crippen LogP contribution in [0.15, 0.2) is 0 Å². The number of halogens is 1. The van der Waals surface area contributed by atoms with Gasteiger partial charge in [-0.1, -0.05) is 19.8 Å². The molecule has 0 aromatic heterocycles. The lowest BCUT2D eigenvalue weighted by Crippen LogP contribution is -2.30. The van der Waals surface area contributed by atoms with Crippen molar-refractivity contribution in [2.24, 2.45) is 17.8 Å². The van der Waals surface area contributed by atoms with Crippen LogP contribution < -0.4 is 0 Å². The Morgan fingerprint density at radius 2 is 1.86 bits per heavy atom. The molecule has 0 aromatic rings. The highest BCUT2D eigenvalue weighted by Crippen LogP contribution is 2.36. The lowest BCUT2D eigenvalue weighted by Gasteiger charge is -2.22. The van der Waals surface area contributed by atoms with Crippen molar-refractivity contribution in [3.63, 3.8) is 0 Å². The molecule has 4 heteroatoms. The van der Waals surface area contributed by atoms with E-state index >= 15 is 0 Å². The quantitative estimate of drug-likeness (QED) is 0.737. The third-order valence-corrected chi connectivity index (χ3v) is 3.35. The molecule has 14 heavy (non-hydrogen) atoms. The number of aliphatic carboxylic acids is 1. The predicted molar refractivity (Wildman–Crippen MR) is 53.1 cm³/mol. The lowest BCUT2D eigenvalue weighted by molar-refractivity contribution is -0.145. The average Bonchev–Trinajstić information content (AvgIpc) is 2.56. The summed E-state index contributed by atoms with van der Waals surface area (Å²) in [5.74, 6) is -1.93. The average molecular weight is 219 g/mol. The number of carbonyl (C=O) groups excluding carboxylic acids is 1. The van der Waals surface area contributed by atoms with Gasteiger partial charge in [0.05, 0.1) is 5.92 Å². The van der Waals surface area contributed by atoms with Crippen LogP contribution in [0.4, 0.5) is 0 Å². The summed E-state index contributed by atoms with van der Waals surface area (Å²) in [6, 6.07) is 0. The van der Waals surface area contributed by atoms with Crippen LogP contribution in [0, 0.1) is 17.8 Å². The van der Waals surface area contributed by atoms with Gasteiger partial charge in [0.25, 0.3) is 0 Å². The van der Waals surface area contributed by atoms with Gasteiger partial charge in [-0.05, 0) is 30.4 Å². The maximum atomic E-state index is 11.2. The van der Waals surface area contributed by atoms with Crippen LogP contribution in [0.1, 0.15) is 32.6 Å². The Labute approximate surface area is 88.4 Å². The van der Waals surface area contributed by atoms with Gasteiger partial charge in [0.1, 0.15) is 0 Å². The topological polar surface area (TPSA) is 54.4 Å². The second-order valence-electron chi connectivity index (χ2n) is 4.00. The molecule has 2 atom stereocenters. The SMILES string of the molecule is CC(C(=O)O)C(C(=O)Cl)C1CCCC1. The number of carbonyl (C=O) groups is 2. The van der Waals surface area contributed by atoms with Crippen LogP contribution in [0.25, 0.3) is 0 Å². The Hall–Kier alpha value is -0.570. The number of rotatable bonds is 4. The van der Waals surface area contributed by atoms with Gasteiger partial charge in [-0.2, -0.15) is 0 Å². The molecular weight excluding hydrogens is 204 g/mol. The molecule has 2 unspecified atom stereocenters. The summed E-state index contributed by atoms with van der Waals surface area (Å²) in [6.07, 6.45) is 4.02. The molecule has 1 N–H and O–H groups in total. The minimum atomic E-state index is -0.934. The molecule has 1 fully saturated rings. The summed E-state index contributed by atoms with van der Waals surface area (Å²) in [4.78, 5) is 22.0. The first-order valence-electron chi connectivity index (χ1n) is 4.96. The van der Waals surface area contributed by atoms with Crippen molar-refractivity contribution in [1.82, 2.24) is 0 Å². The van der Waals surface area contributed by atoms with Crippen molar-refractivity contribution in [2.45, 2.75) is 32.6 Å². The second kappa shape index (κ2) is 4.78. The molecule has 0 heterocycles. The molecule has 0 amide bonds. The summed E-state index contributed by atoms with van der Waals surface area (Å²) in [5, 5.41) is 8.36. The van der Waals surface area contributed by atoms with Crippen LogP contribution >= 0.6 is 11.6 Å². The zero-order chi connectivity index (χ0) is 10.7.